The predicted molar refractivity (Wildman–Crippen MR) is 41.5 cm³/mol. The largest absolute Gasteiger partial charge is 0.390 e. The summed E-state index contributed by atoms with van der Waals surface area (Å²) in [6, 6.07) is 0. The van der Waals surface area contributed by atoms with E-state index in [2.05, 4.69) is 4.74 Å². The van der Waals surface area contributed by atoms with E-state index >= 15 is 0 Å². The van der Waals surface area contributed by atoms with Crippen molar-refractivity contribution in [2.24, 2.45) is 0 Å². The Morgan fingerprint density at radius 2 is 2.23 bits per heavy atom. The zero-order valence-corrected chi connectivity index (χ0v) is 7.51. The first-order valence-electron chi connectivity index (χ1n) is 3.72. The summed E-state index contributed by atoms with van der Waals surface area (Å²) >= 11 is 0. The molecule has 0 rings (SSSR count). The molecule has 0 heterocycles. The standard InChI is InChI=1S/C7H13F2NO3/c1-5(13-2)6(12)10-3-7(8,9)4-11/h5,11H,3-4H2,1-2H3,(H,10,12). The molecule has 4 nitrogen and oxygen atoms in total. The van der Waals surface area contributed by atoms with Crippen LogP contribution in [0, 0.1) is 0 Å². The zero-order chi connectivity index (χ0) is 10.5. The molecule has 0 saturated heterocycles. The van der Waals surface area contributed by atoms with Crippen molar-refractivity contribution in [3.63, 3.8) is 0 Å². The van der Waals surface area contributed by atoms with Gasteiger partial charge in [0.1, 0.15) is 12.7 Å². The van der Waals surface area contributed by atoms with Crippen LogP contribution < -0.4 is 5.32 Å². The van der Waals surface area contributed by atoms with Crippen molar-refractivity contribution < 1.29 is 23.4 Å². The number of alkyl halides is 2. The number of hydrogen-bond donors (Lipinski definition) is 2. The first-order valence-corrected chi connectivity index (χ1v) is 3.72. The molecule has 1 unspecified atom stereocenters. The van der Waals surface area contributed by atoms with E-state index in [0.717, 1.165) is 0 Å². The number of nitrogens with one attached hydrogen (secondary N) is 1. The number of aliphatic hydroxyl groups excluding tert-OH is 1. The lowest BCUT2D eigenvalue weighted by Gasteiger charge is -2.15. The van der Waals surface area contributed by atoms with Gasteiger partial charge in [0.15, 0.2) is 0 Å². The summed E-state index contributed by atoms with van der Waals surface area (Å²) in [5, 5.41) is 10.1. The molecule has 6 heteroatoms. The van der Waals surface area contributed by atoms with E-state index in [-0.39, 0.29) is 0 Å². The molecule has 0 aliphatic carbocycles. The van der Waals surface area contributed by atoms with Gasteiger partial charge < -0.3 is 15.2 Å². The molecule has 78 valence electrons. The second-order valence-electron chi connectivity index (χ2n) is 2.61. The van der Waals surface area contributed by atoms with Crippen molar-refractivity contribution in [2.75, 3.05) is 20.3 Å². The van der Waals surface area contributed by atoms with Crippen molar-refractivity contribution in [1.82, 2.24) is 5.32 Å². The van der Waals surface area contributed by atoms with Crippen molar-refractivity contribution in [1.29, 1.82) is 0 Å². The van der Waals surface area contributed by atoms with Crippen LogP contribution in [0.4, 0.5) is 8.78 Å². The van der Waals surface area contributed by atoms with E-state index in [1.54, 1.807) is 0 Å². The van der Waals surface area contributed by atoms with Gasteiger partial charge in [-0.1, -0.05) is 0 Å². The zero-order valence-electron chi connectivity index (χ0n) is 7.51. The molecule has 2 N–H and O–H groups in total. The van der Waals surface area contributed by atoms with Crippen molar-refractivity contribution in [2.45, 2.75) is 19.0 Å². The predicted octanol–water partition coefficient (Wildman–Crippen LogP) is -0.235. The summed E-state index contributed by atoms with van der Waals surface area (Å²) in [5.41, 5.74) is 0. The van der Waals surface area contributed by atoms with E-state index in [1.165, 1.54) is 14.0 Å². The summed E-state index contributed by atoms with van der Waals surface area (Å²) in [7, 11) is 1.30. The molecule has 0 saturated carbocycles. The Morgan fingerprint density at radius 3 is 2.62 bits per heavy atom. The molecule has 0 spiro atoms. The van der Waals surface area contributed by atoms with E-state index in [1.807, 2.05) is 5.32 Å². The Bertz CT molecular complexity index is 175. The fraction of sp³-hybridized carbons (Fsp3) is 0.857. The smallest absolute Gasteiger partial charge is 0.287 e. The van der Waals surface area contributed by atoms with Crippen LogP contribution in [0.5, 0.6) is 0 Å². The molecule has 0 aromatic heterocycles. The molecule has 1 amide bonds. The Hall–Kier alpha value is -0.750. The van der Waals surface area contributed by atoms with Crippen LogP contribution in [-0.2, 0) is 9.53 Å². The third kappa shape index (κ3) is 4.74. The summed E-state index contributed by atoms with van der Waals surface area (Å²) in [6.45, 7) is -0.725. The highest BCUT2D eigenvalue weighted by atomic mass is 19.3. The van der Waals surface area contributed by atoms with Crippen LogP contribution in [0.3, 0.4) is 0 Å². The van der Waals surface area contributed by atoms with Crippen LogP contribution >= 0.6 is 0 Å². The van der Waals surface area contributed by atoms with Gasteiger partial charge in [-0.15, -0.1) is 0 Å². The first kappa shape index (κ1) is 12.2. The van der Waals surface area contributed by atoms with E-state index in [4.69, 9.17) is 5.11 Å². The molecule has 0 aliphatic heterocycles. The average Bonchev–Trinajstić information content (AvgIpc) is 2.13. The first-order chi connectivity index (χ1) is 5.93. The average molecular weight is 197 g/mol. The van der Waals surface area contributed by atoms with Crippen molar-refractivity contribution in [3.05, 3.63) is 0 Å². The molecular formula is C7H13F2NO3. The van der Waals surface area contributed by atoms with Gasteiger partial charge in [0, 0.05) is 7.11 Å². The summed E-state index contributed by atoms with van der Waals surface area (Å²) < 4.78 is 29.3. The van der Waals surface area contributed by atoms with Gasteiger partial charge in [-0.3, -0.25) is 4.79 Å². The van der Waals surface area contributed by atoms with Crippen LogP contribution in [0.25, 0.3) is 0 Å². The Labute approximate surface area is 74.9 Å². The highest BCUT2D eigenvalue weighted by molar-refractivity contribution is 5.80. The number of halogens is 2. The van der Waals surface area contributed by atoms with Crippen LogP contribution in [0.15, 0.2) is 0 Å². The minimum atomic E-state index is -3.27. The molecule has 1 atom stereocenters. The summed E-state index contributed by atoms with van der Waals surface area (Å²) in [6.07, 6.45) is -0.769. The second kappa shape index (κ2) is 5.08. The maximum absolute atomic E-state index is 12.4. The molecular weight excluding hydrogens is 184 g/mol. The summed E-state index contributed by atoms with van der Waals surface area (Å²) in [5.74, 6) is -3.90. The normalized spacial score (nSPS) is 13.9. The SMILES string of the molecule is COC(C)C(=O)NCC(F)(F)CO. The van der Waals surface area contributed by atoms with E-state index in [9.17, 15) is 13.6 Å². The van der Waals surface area contributed by atoms with Gasteiger partial charge in [-0.05, 0) is 6.92 Å². The van der Waals surface area contributed by atoms with E-state index in [0.29, 0.717) is 0 Å². The van der Waals surface area contributed by atoms with Crippen LogP contribution in [-0.4, -0.2) is 43.3 Å². The molecule has 0 fully saturated rings. The maximum Gasteiger partial charge on any atom is 0.287 e. The van der Waals surface area contributed by atoms with Gasteiger partial charge in [0.05, 0.1) is 6.54 Å². The maximum atomic E-state index is 12.4. The number of amides is 1. The lowest BCUT2D eigenvalue weighted by molar-refractivity contribution is -0.132. The highest BCUT2D eigenvalue weighted by Gasteiger charge is 2.28. The lowest BCUT2D eigenvalue weighted by atomic mass is 10.3. The molecule has 13 heavy (non-hydrogen) atoms. The minimum Gasteiger partial charge on any atom is -0.390 e. The molecule has 0 bridgehead atoms. The Morgan fingerprint density at radius 1 is 1.69 bits per heavy atom. The summed E-state index contributed by atoms with van der Waals surface area (Å²) in [4.78, 5) is 10.9. The Balaban J connectivity index is 3.83. The van der Waals surface area contributed by atoms with Gasteiger partial charge >= 0.3 is 0 Å². The third-order valence-electron chi connectivity index (χ3n) is 1.48. The second-order valence-corrected chi connectivity index (χ2v) is 2.61. The minimum absolute atomic E-state index is 0.629. The van der Waals surface area contributed by atoms with Crippen molar-refractivity contribution in [3.8, 4) is 0 Å². The number of rotatable bonds is 5. The number of carbonyl (C=O) groups is 1. The molecule has 0 aromatic rings. The van der Waals surface area contributed by atoms with Crippen molar-refractivity contribution >= 4 is 5.91 Å². The van der Waals surface area contributed by atoms with E-state index < -0.39 is 31.1 Å². The van der Waals surface area contributed by atoms with Gasteiger partial charge in [0.2, 0.25) is 5.91 Å². The number of carbonyl (C=O) groups excluding carboxylic acids is 1. The third-order valence-corrected chi connectivity index (χ3v) is 1.48. The number of hydrogen-bond acceptors (Lipinski definition) is 3. The molecule has 0 radical (unpaired) electrons. The van der Waals surface area contributed by atoms with Crippen LogP contribution in [0.1, 0.15) is 6.92 Å². The molecule has 0 aromatic carbocycles. The van der Waals surface area contributed by atoms with Gasteiger partial charge in [-0.25, -0.2) is 8.78 Å². The number of methoxy groups -OCH3 is 1. The number of ether oxygens (including phenoxy) is 1. The number of aliphatic hydroxyl groups is 1. The quantitative estimate of drug-likeness (QED) is 0.639. The lowest BCUT2D eigenvalue weighted by Crippen LogP contribution is -2.42. The van der Waals surface area contributed by atoms with Gasteiger partial charge in [-0.2, -0.15) is 0 Å². The Kier molecular flexibility index (Phi) is 4.79. The van der Waals surface area contributed by atoms with Gasteiger partial charge in [0.25, 0.3) is 5.92 Å². The fourth-order valence-corrected chi connectivity index (χ4v) is 0.523. The van der Waals surface area contributed by atoms with Crippen LogP contribution in [0.2, 0.25) is 0 Å². The monoisotopic (exact) mass is 197 g/mol. The highest BCUT2D eigenvalue weighted by Crippen LogP contribution is 2.09. The fourth-order valence-electron chi connectivity index (χ4n) is 0.523. The topological polar surface area (TPSA) is 58.6 Å². The molecule has 0 aliphatic rings.